The molecule has 0 unspecified atom stereocenters. The molecule has 0 spiro atoms. The number of hydrogen-bond donors (Lipinski definition) is 0. The van der Waals surface area contributed by atoms with Crippen molar-refractivity contribution in [2.75, 3.05) is 6.61 Å². The van der Waals surface area contributed by atoms with Crippen LogP contribution in [0.15, 0.2) is 24.3 Å². The number of hydrogen-bond acceptors (Lipinski definition) is 2. The molecule has 0 aliphatic rings. The summed E-state index contributed by atoms with van der Waals surface area (Å²) in [4.78, 5) is 10.9. The average Bonchev–Trinajstić information content (AvgIpc) is 2.39. The first-order valence-electron chi connectivity index (χ1n) is 6.86. The van der Waals surface area contributed by atoms with Crippen molar-refractivity contribution in [1.29, 1.82) is 0 Å². The maximum absolute atomic E-state index is 10.9. The van der Waals surface area contributed by atoms with E-state index in [-0.39, 0.29) is 5.78 Å². The first-order valence-corrected chi connectivity index (χ1v) is 6.86. The summed E-state index contributed by atoms with van der Waals surface area (Å²) in [5.41, 5.74) is 1.19. The number of aryl methyl sites for hydroxylation is 1. The quantitative estimate of drug-likeness (QED) is 0.694. The van der Waals surface area contributed by atoms with Gasteiger partial charge in [0.1, 0.15) is 11.5 Å². The van der Waals surface area contributed by atoms with Gasteiger partial charge in [0.15, 0.2) is 0 Å². The molecule has 2 nitrogen and oxygen atoms in total. The van der Waals surface area contributed by atoms with Crippen LogP contribution in [0, 0.1) is 5.92 Å². The Labute approximate surface area is 110 Å². The van der Waals surface area contributed by atoms with Crippen molar-refractivity contribution in [3.8, 4) is 5.75 Å². The predicted molar refractivity (Wildman–Crippen MR) is 75.0 cm³/mol. The minimum absolute atomic E-state index is 0.240. The zero-order valence-corrected chi connectivity index (χ0v) is 11.7. The van der Waals surface area contributed by atoms with Gasteiger partial charge in [0, 0.05) is 6.42 Å². The predicted octanol–water partition coefficient (Wildman–Crippen LogP) is 4.02. The van der Waals surface area contributed by atoms with Gasteiger partial charge in [-0.05, 0) is 37.0 Å². The van der Waals surface area contributed by atoms with Crippen molar-refractivity contribution in [2.45, 2.75) is 46.5 Å². The lowest BCUT2D eigenvalue weighted by Crippen LogP contribution is -2.10. The zero-order chi connectivity index (χ0) is 13.4. The topological polar surface area (TPSA) is 26.3 Å². The lowest BCUT2D eigenvalue weighted by molar-refractivity contribution is -0.116. The summed E-state index contributed by atoms with van der Waals surface area (Å²) in [6.07, 6.45) is 3.76. The summed E-state index contributed by atoms with van der Waals surface area (Å²) in [5, 5.41) is 0. The number of rotatable bonds is 8. The van der Waals surface area contributed by atoms with E-state index in [4.69, 9.17) is 4.74 Å². The Morgan fingerprint density at radius 2 is 1.78 bits per heavy atom. The van der Waals surface area contributed by atoms with Crippen LogP contribution in [0.5, 0.6) is 5.75 Å². The Hall–Kier alpha value is -1.31. The van der Waals surface area contributed by atoms with Crippen LogP contribution >= 0.6 is 0 Å². The molecule has 0 bridgehead atoms. The molecule has 0 saturated carbocycles. The van der Waals surface area contributed by atoms with Gasteiger partial charge < -0.3 is 9.53 Å². The van der Waals surface area contributed by atoms with Crippen molar-refractivity contribution in [2.24, 2.45) is 5.92 Å². The van der Waals surface area contributed by atoms with E-state index in [2.05, 4.69) is 13.8 Å². The molecular weight excluding hydrogens is 224 g/mol. The van der Waals surface area contributed by atoms with Crippen LogP contribution in [0.4, 0.5) is 0 Å². The van der Waals surface area contributed by atoms with E-state index in [1.54, 1.807) is 6.92 Å². The highest BCUT2D eigenvalue weighted by atomic mass is 16.5. The molecule has 0 radical (unpaired) electrons. The van der Waals surface area contributed by atoms with Gasteiger partial charge in [0.25, 0.3) is 0 Å². The lowest BCUT2D eigenvalue weighted by Gasteiger charge is -2.13. The van der Waals surface area contributed by atoms with E-state index in [0.29, 0.717) is 12.3 Å². The third-order valence-corrected chi connectivity index (χ3v) is 3.33. The minimum Gasteiger partial charge on any atom is -0.493 e. The van der Waals surface area contributed by atoms with Crippen molar-refractivity contribution in [3.05, 3.63) is 29.8 Å². The van der Waals surface area contributed by atoms with Crippen molar-refractivity contribution >= 4 is 5.78 Å². The molecule has 0 N–H and O–H groups in total. The number of benzene rings is 1. The Morgan fingerprint density at radius 3 is 2.28 bits per heavy atom. The fourth-order valence-corrected chi connectivity index (χ4v) is 1.81. The molecule has 100 valence electrons. The summed E-state index contributed by atoms with van der Waals surface area (Å²) >= 11 is 0. The summed E-state index contributed by atoms with van der Waals surface area (Å²) in [6.45, 7) is 6.82. The molecule has 0 aromatic heterocycles. The normalized spacial score (nSPS) is 10.7. The number of ketones is 1. The van der Waals surface area contributed by atoms with Crippen molar-refractivity contribution in [1.82, 2.24) is 0 Å². The van der Waals surface area contributed by atoms with E-state index in [0.717, 1.165) is 31.6 Å². The van der Waals surface area contributed by atoms with Gasteiger partial charge in [-0.2, -0.15) is 0 Å². The molecular formula is C16H24O2. The minimum atomic E-state index is 0.240. The van der Waals surface area contributed by atoms with Crippen LogP contribution < -0.4 is 4.74 Å². The van der Waals surface area contributed by atoms with E-state index in [1.165, 1.54) is 5.56 Å². The molecule has 0 amide bonds. The molecule has 0 saturated heterocycles. The van der Waals surface area contributed by atoms with Crippen molar-refractivity contribution < 1.29 is 9.53 Å². The molecule has 2 heteroatoms. The third-order valence-electron chi connectivity index (χ3n) is 3.33. The zero-order valence-electron chi connectivity index (χ0n) is 11.7. The molecule has 0 fully saturated rings. The van der Waals surface area contributed by atoms with Gasteiger partial charge >= 0.3 is 0 Å². The highest BCUT2D eigenvalue weighted by molar-refractivity contribution is 5.75. The first kappa shape index (κ1) is 14.7. The highest BCUT2D eigenvalue weighted by Crippen LogP contribution is 2.16. The van der Waals surface area contributed by atoms with E-state index in [1.807, 2.05) is 24.3 Å². The molecule has 0 aliphatic carbocycles. The van der Waals surface area contributed by atoms with E-state index in [9.17, 15) is 4.79 Å². The largest absolute Gasteiger partial charge is 0.493 e. The molecule has 1 aromatic rings. The Kier molecular flexibility index (Phi) is 6.48. The average molecular weight is 248 g/mol. The van der Waals surface area contributed by atoms with Gasteiger partial charge in [0.05, 0.1) is 6.61 Å². The van der Waals surface area contributed by atoms with Gasteiger partial charge in [-0.3, -0.25) is 0 Å². The number of ether oxygens (including phenoxy) is 1. The van der Waals surface area contributed by atoms with E-state index >= 15 is 0 Å². The van der Waals surface area contributed by atoms with Gasteiger partial charge in [0.2, 0.25) is 0 Å². The highest BCUT2D eigenvalue weighted by Gasteiger charge is 2.04. The van der Waals surface area contributed by atoms with E-state index < -0.39 is 0 Å². The van der Waals surface area contributed by atoms with Gasteiger partial charge in [-0.15, -0.1) is 0 Å². The van der Waals surface area contributed by atoms with Crippen LogP contribution in [-0.4, -0.2) is 12.4 Å². The summed E-state index contributed by atoms with van der Waals surface area (Å²) < 4.78 is 5.76. The second-order valence-electron chi connectivity index (χ2n) is 4.84. The molecule has 1 rings (SSSR count). The monoisotopic (exact) mass is 248 g/mol. The number of carbonyl (C=O) groups is 1. The first-order chi connectivity index (χ1) is 8.65. The number of carbonyl (C=O) groups excluding carboxylic acids is 1. The molecule has 1 aromatic carbocycles. The molecule has 18 heavy (non-hydrogen) atoms. The van der Waals surface area contributed by atoms with Gasteiger partial charge in [-0.1, -0.05) is 38.8 Å². The van der Waals surface area contributed by atoms with Crippen LogP contribution in [0.25, 0.3) is 0 Å². The SMILES string of the molecule is CCC(CC)COc1ccc(CCC(C)=O)cc1. The van der Waals surface area contributed by atoms with Crippen LogP contribution in [0.2, 0.25) is 0 Å². The maximum Gasteiger partial charge on any atom is 0.130 e. The van der Waals surface area contributed by atoms with Crippen LogP contribution in [0.1, 0.15) is 45.6 Å². The van der Waals surface area contributed by atoms with Crippen LogP contribution in [-0.2, 0) is 11.2 Å². The van der Waals surface area contributed by atoms with Crippen molar-refractivity contribution in [3.63, 3.8) is 0 Å². The Balaban J connectivity index is 2.42. The molecule has 0 aliphatic heterocycles. The second-order valence-corrected chi connectivity index (χ2v) is 4.84. The standard InChI is InChI=1S/C16H24O2/c1-4-14(5-2)12-18-16-10-8-15(9-11-16)7-6-13(3)17/h8-11,14H,4-7,12H2,1-3H3. The third kappa shape index (κ3) is 5.35. The fraction of sp³-hybridized carbons (Fsp3) is 0.562. The second kappa shape index (κ2) is 7.91. The lowest BCUT2D eigenvalue weighted by atomic mass is 10.1. The Bertz CT molecular complexity index is 350. The van der Waals surface area contributed by atoms with Gasteiger partial charge in [-0.25, -0.2) is 0 Å². The molecule has 0 atom stereocenters. The summed E-state index contributed by atoms with van der Waals surface area (Å²) in [5.74, 6) is 1.81. The summed E-state index contributed by atoms with van der Waals surface area (Å²) in [7, 11) is 0. The smallest absolute Gasteiger partial charge is 0.130 e. The maximum atomic E-state index is 10.9. The fourth-order valence-electron chi connectivity index (χ4n) is 1.81. The summed E-state index contributed by atoms with van der Waals surface area (Å²) in [6, 6.07) is 8.09. The molecule has 0 heterocycles. The Morgan fingerprint density at radius 1 is 1.17 bits per heavy atom. The van der Waals surface area contributed by atoms with Crippen LogP contribution in [0.3, 0.4) is 0 Å². The number of Topliss-reactive ketones (excluding diaryl/α,β-unsaturated/α-hetero) is 1.